The zero-order valence-corrected chi connectivity index (χ0v) is 16.5. The molecule has 0 fully saturated rings. The van der Waals surface area contributed by atoms with Crippen LogP contribution < -0.4 is 10.2 Å². The second-order valence-corrected chi connectivity index (χ2v) is 6.48. The van der Waals surface area contributed by atoms with Crippen LogP contribution in [0.2, 0.25) is 5.02 Å². The van der Waals surface area contributed by atoms with E-state index in [4.69, 9.17) is 20.8 Å². The number of hydrogen-bond acceptors (Lipinski definition) is 5. The summed E-state index contributed by atoms with van der Waals surface area (Å²) < 4.78 is 24.3. The second-order valence-electron chi connectivity index (χ2n) is 5.32. The molecule has 0 bridgehead atoms. The number of nitrogens with zero attached hydrogens (tertiary/aromatic N) is 2. The van der Waals surface area contributed by atoms with Crippen LogP contribution in [0.1, 0.15) is 6.92 Å². The van der Waals surface area contributed by atoms with E-state index in [1.54, 1.807) is 6.92 Å². The molecule has 0 radical (unpaired) electrons. The Hall–Kier alpha value is -2.85. The first-order valence-corrected chi connectivity index (χ1v) is 8.99. The van der Waals surface area contributed by atoms with Crippen molar-refractivity contribution in [1.82, 2.24) is 4.98 Å². The van der Waals surface area contributed by atoms with Crippen LogP contribution in [0.4, 0.5) is 31.2 Å². The van der Waals surface area contributed by atoms with Gasteiger partial charge in [0.15, 0.2) is 5.58 Å². The summed E-state index contributed by atoms with van der Waals surface area (Å²) >= 11 is 9.03. The third-order valence-electron chi connectivity index (χ3n) is 3.60. The smallest absolute Gasteiger partial charge is 0.416 e. The summed E-state index contributed by atoms with van der Waals surface area (Å²) in [5.41, 5.74) is 0.228. The van der Waals surface area contributed by atoms with Crippen LogP contribution >= 0.6 is 27.5 Å². The minimum absolute atomic E-state index is 0.0127. The average molecular weight is 473 g/mol. The molecule has 0 aliphatic rings. The van der Waals surface area contributed by atoms with Gasteiger partial charge in [-0.15, -0.1) is 0 Å². The lowest BCUT2D eigenvalue weighted by molar-refractivity contribution is 0.167. The highest BCUT2D eigenvalue weighted by Gasteiger charge is 2.29. The first kappa shape index (κ1) is 19.9. The monoisotopic (exact) mass is 471 g/mol. The van der Waals surface area contributed by atoms with Crippen molar-refractivity contribution in [2.24, 2.45) is 0 Å². The Balaban J connectivity index is 2.24. The number of rotatable bonds is 4. The molecule has 2 amide bonds. The van der Waals surface area contributed by atoms with Gasteiger partial charge < -0.3 is 14.3 Å². The summed E-state index contributed by atoms with van der Waals surface area (Å²) in [7, 11) is 0. The van der Waals surface area contributed by atoms with Gasteiger partial charge in [-0.3, -0.25) is 5.32 Å². The maximum Gasteiger partial charge on any atom is 0.416 e. The normalized spacial score (nSPS) is 10.7. The van der Waals surface area contributed by atoms with E-state index in [1.165, 1.54) is 18.3 Å². The van der Waals surface area contributed by atoms with E-state index in [-0.39, 0.29) is 34.5 Å². The number of benzene rings is 1. The maximum absolute atomic E-state index is 13.5. The maximum atomic E-state index is 13.5. The summed E-state index contributed by atoms with van der Waals surface area (Å²) in [5, 5.41) is 12.3. The van der Waals surface area contributed by atoms with Crippen LogP contribution in [0, 0.1) is 5.82 Å². The predicted molar refractivity (Wildman–Crippen MR) is 104 cm³/mol. The molecule has 0 spiro atoms. The number of anilines is 3. The number of amides is 2. The first-order chi connectivity index (χ1) is 13.3. The van der Waals surface area contributed by atoms with Crippen LogP contribution in [0.25, 0.3) is 11.0 Å². The lowest BCUT2D eigenvalue weighted by Gasteiger charge is -2.20. The largest absolute Gasteiger partial charge is 0.464 e. The number of aromatic nitrogens is 1. The Morgan fingerprint density at radius 1 is 1.43 bits per heavy atom. The molecule has 3 rings (SSSR count). The lowest BCUT2D eigenvalue weighted by atomic mass is 10.2. The zero-order chi connectivity index (χ0) is 20.4. The van der Waals surface area contributed by atoms with Gasteiger partial charge in [-0.2, -0.15) is 0 Å². The quantitative estimate of drug-likeness (QED) is 0.467. The molecule has 146 valence electrons. The highest BCUT2D eigenvalue weighted by atomic mass is 79.9. The van der Waals surface area contributed by atoms with Gasteiger partial charge in [-0.1, -0.05) is 11.6 Å². The fourth-order valence-corrected chi connectivity index (χ4v) is 3.09. The van der Waals surface area contributed by atoms with Crippen LogP contribution in [-0.2, 0) is 4.74 Å². The first-order valence-electron chi connectivity index (χ1n) is 7.82. The highest BCUT2D eigenvalue weighted by molar-refractivity contribution is 9.10. The van der Waals surface area contributed by atoms with E-state index < -0.39 is 18.0 Å². The van der Waals surface area contributed by atoms with Gasteiger partial charge in [0.25, 0.3) is 0 Å². The molecule has 0 saturated heterocycles. The molecule has 8 nitrogen and oxygen atoms in total. The Bertz CT molecular complexity index is 1070. The summed E-state index contributed by atoms with van der Waals surface area (Å²) in [5.74, 6) is -0.894. The Kier molecular flexibility index (Phi) is 5.71. The minimum Gasteiger partial charge on any atom is -0.464 e. The molecular formula is C17H12BrClFN3O5. The second kappa shape index (κ2) is 8.03. The summed E-state index contributed by atoms with van der Waals surface area (Å²) in [6.45, 7) is 1.71. The van der Waals surface area contributed by atoms with Crippen molar-refractivity contribution in [2.45, 2.75) is 6.92 Å². The number of furan rings is 1. The van der Waals surface area contributed by atoms with Crippen LogP contribution in [0.3, 0.4) is 0 Å². The number of halogens is 3. The fourth-order valence-electron chi connectivity index (χ4n) is 2.50. The molecule has 0 atom stereocenters. The molecule has 2 N–H and O–H groups in total. The van der Waals surface area contributed by atoms with E-state index in [2.05, 4.69) is 26.2 Å². The lowest BCUT2D eigenvalue weighted by Crippen LogP contribution is -2.25. The molecule has 0 aliphatic heterocycles. The SMILES string of the molecule is CCOC(=O)Nc1oc2c(Br)nccc2c1N(C(=O)O)c1ccc(F)c(Cl)c1. The van der Waals surface area contributed by atoms with Crippen LogP contribution in [-0.4, -0.2) is 28.9 Å². The standard InChI is InChI=1S/C17H12BrClFN3O5/c1-2-27-16(24)22-15-12(9-5-6-21-14(18)13(9)28-15)23(17(25)26)8-3-4-11(20)10(19)7-8/h3-7H,2H2,1H3,(H,22,24)(H,25,26). The highest BCUT2D eigenvalue weighted by Crippen LogP contribution is 2.43. The van der Waals surface area contributed by atoms with Gasteiger partial charge in [-0.25, -0.2) is 23.9 Å². The molecule has 0 unspecified atom stereocenters. The van der Waals surface area contributed by atoms with Gasteiger partial charge in [0.1, 0.15) is 16.1 Å². The number of hydrogen-bond donors (Lipinski definition) is 2. The Morgan fingerprint density at radius 3 is 2.82 bits per heavy atom. The number of fused-ring (bicyclic) bond motifs is 1. The van der Waals surface area contributed by atoms with Gasteiger partial charge in [0.2, 0.25) is 5.88 Å². The van der Waals surface area contributed by atoms with Crippen molar-refractivity contribution < 1.29 is 28.2 Å². The summed E-state index contributed by atoms with van der Waals surface area (Å²) in [4.78, 5) is 28.8. The number of ether oxygens (including phenoxy) is 1. The van der Waals surface area contributed by atoms with Crippen molar-refractivity contribution in [3.05, 3.63) is 45.9 Å². The Labute approximate surface area is 171 Å². The molecule has 28 heavy (non-hydrogen) atoms. The van der Waals surface area contributed by atoms with E-state index in [9.17, 15) is 19.1 Å². The summed E-state index contributed by atoms with van der Waals surface area (Å²) in [6, 6.07) is 4.93. The molecule has 2 heterocycles. The predicted octanol–water partition coefficient (Wildman–Crippen LogP) is 5.77. The summed E-state index contributed by atoms with van der Waals surface area (Å²) in [6.07, 6.45) is -0.823. The number of carbonyl (C=O) groups is 2. The molecule has 2 aromatic heterocycles. The number of carbonyl (C=O) groups excluding carboxylic acids is 1. The number of nitrogens with one attached hydrogen (secondary N) is 1. The fraction of sp³-hybridized carbons (Fsp3) is 0.118. The van der Waals surface area contributed by atoms with Crippen molar-refractivity contribution >= 4 is 67.9 Å². The van der Waals surface area contributed by atoms with E-state index in [0.717, 1.165) is 17.0 Å². The molecule has 11 heteroatoms. The van der Waals surface area contributed by atoms with Gasteiger partial charge in [0, 0.05) is 6.20 Å². The topological polar surface area (TPSA) is 105 Å². The van der Waals surface area contributed by atoms with Crippen molar-refractivity contribution in [3.63, 3.8) is 0 Å². The molecule has 3 aromatic rings. The third kappa shape index (κ3) is 3.73. The average Bonchev–Trinajstić information content (AvgIpc) is 2.98. The Morgan fingerprint density at radius 2 is 2.18 bits per heavy atom. The number of carboxylic acid groups (broad SMARTS) is 1. The molecule has 1 aromatic carbocycles. The minimum atomic E-state index is -1.41. The van der Waals surface area contributed by atoms with E-state index >= 15 is 0 Å². The van der Waals surface area contributed by atoms with Crippen molar-refractivity contribution in [3.8, 4) is 0 Å². The van der Waals surface area contributed by atoms with Gasteiger partial charge >= 0.3 is 12.2 Å². The van der Waals surface area contributed by atoms with E-state index in [1.807, 2.05) is 0 Å². The molecule has 0 saturated carbocycles. The van der Waals surface area contributed by atoms with Gasteiger partial charge in [0.05, 0.1) is 22.7 Å². The number of pyridine rings is 1. The van der Waals surface area contributed by atoms with E-state index in [0.29, 0.717) is 9.99 Å². The molecular weight excluding hydrogens is 461 g/mol. The van der Waals surface area contributed by atoms with Crippen molar-refractivity contribution in [2.75, 3.05) is 16.8 Å². The van der Waals surface area contributed by atoms with Gasteiger partial charge in [-0.05, 0) is 47.1 Å². The van der Waals surface area contributed by atoms with Crippen molar-refractivity contribution in [1.29, 1.82) is 0 Å². The van der Waals surface area contributed by atoms with Crippen LogP contribution in [0.5, 0.6) is 0 Å². The zero-order valence-electron chi connectivity index (χ0n) is 14.2. The third-order valence-corrected chi connectivity index (χ3v) is 4.46. The molecule has 0 aliphatic carbocycles. The van der Waals surface area contributed by atoms with Crippen LogP contribution in [0.15, 0.2) is 39.5 Å².